The van der Waals surface area contributed by atoms with Gasteiger partial charge in [0.05, 0.1) is 0 Å². The average molecular weight is 804 g/mol. The predicted molar refractivity (Wildman–Crippen MR) is 140 cm³/mol. The maximum atomic E-state index is 10.1. The quantitative estimate of drug-likeness (QED) is 0.0960. The molecule has 0 aliphatic rings. The van der Waals surface area contributed by atoms with E-state index in [9.17, 15) is 23.3 Å². The van der Waals surface area contributed by atoms with E-state index in [1.54, 1.807) is 0 Å². The third-order valence-corrected chi connectivity index (χ3v) is 0. The zero-order valence-corrected chi connectivity index (χ0v) is 35.0. The first-order valence-corrected chi connectivity index (χ1v) is 11.8. The average Bonchev–Trinajstić information content (AvgIpc) is 1.94. The Kier molecular flexibility index (Phi) is 70.1. The molecule has 0 aromatic heterocycles. The molecule has 0 aliphatic heterocycles. The number of rotatable bonds is 0. The van der Waals surface area contributed by atoms with Crippen LogP contribution in [0.4, 0.5) is 23.3 Å². The molecule has 0 bridgehead atoms. The second-order valence-electron chi connectivity index (χ2n) is 2.36. The zero-order chi connectivity index (χ0) is 27.0. The summed E-state index contributed by atoms with van der Waals surface area (Å²) in [5.41, 5.74) is 0. The summed E-state index contributed by atoms with van der Waals surface area (Å²) in [5, 5.41) is 0. The fraction of sp³-hybridized carbons (Fsp3) is 0. The van der Waals surface area contributed by atoms with E-state index in [1.165, 1.54) is 0 Å². The molecule has 36 heavy (non-hydrogen) atoms. The van der Waals surface area contributed by atoms with Gasteiger partial charge in [-0.3, -0.25) is 0 Å². The summed E-state index contributed by atoms with van der Waals surface area (Å²) in [6.07, 6.45) is 0. The van der Waals surface area contributed by atoms with Crippen LogP contribution in [-0.4, -0.2) is 77.8 Å². The molecular formula is H24F6O18P6S6. The first-order chi connectivity index (χ1) is 12.0. The van der Waals surface area contributed by atoms with Crippen LogP contribution in [0.1, 0.15) is 0 Å². The highest BCUT2D eigenvalue weighted by molar-refractivity contribution is 7.81. The van der Waals surface area contributed by atoms with Gasteiger partial charge in [-0.2, -0.15) is 0 Å². The summed E-state index contributed by atoms with van der Waals surface area (Å²) in [6, 6.07) is 0. The van der Waals surface area contributed by atoms with Crippen molar-refractivity contribution in [3.8, 4) is 0 Å². The Morgan fingerprint density at radius 3 is 0.250 bits per heavy atom. The highest BCUT2D eigenvalue weighted by Crippen LogP contribution is 1.75. The van der Waals surface area contributed by atoms with Crippen LogP contribution in [0.15, 0.2) is 0 Å². The lowest BCUT2D eigenvalue weighted by Gasteiger charge is -1.84. The third kappa shape index (κ3) is 16300. The van der Waals surface area contributed by atoms with E-state index >= 15 is 0 Å². The first-order valence-electron chi connectivity index (χ1n) is 3.93. The molecule has 0 fully saturated rings. The number of halogens is 6. The van der Waals surface area contributed by atoms with Gasteiger partial charge in [0.1, 0.15) is 0 Å². The Bertz CT molecular complexity index is 796. The SMILES string of the molecule is O=S(=O)([O-])F.O=S(=O)([O-])F.O=S(=O)([O-])F.O=S(=O)([O-])F.O=S(=O)([O-])F.O=S(=O)([O-])F.[PH4+].[PH4+].[PH4+].[PH4+].[PH4+].[PH4+]. The van der Waals surface area contributed by atoms with Gasteiger partial charge in [-0.25, -0.2) is 50.5 Å². The summed E-state index contributed by atoms with van der Waals surface area (Å²) in [5.74, 6) is 0. The molecule has 36 heteroatoms. The largest absolute Gasteiger partial charge is 0.722 e. The Balaban J connectivity index is -0.0000000186. The molecule has 0 spiro atoms. The predicted octanol–water partition coefficient (Wildman–Crippen LogP) is -4.76. The minimum atomic E-state index is -5.42. The van der Waals surface area contributed by atoms with Gasteiger partial charge in [-0.15, -0.1) is 23.3 Å². The van der Waals surface area contributed by atoms with E-state index in [4.69, 9.17) is 77.8 Å². The fourth-order valence-corrected chi connectivity index (χ4v) is 0. The summed E-state index contributed by atoms with van der Waals surface area (Å²) < 4.78 is 212. The maximum absolute atomic E-state index is 10.1. The van der Waals surface area contributed by atoms with Crippen molar-refractivity contribution in [3.05, 3.63) is 0 Å². The highest BCUT2D eigenvalue weighted by Gasteiger charge is 1.75. The molecule has 240 valence electrons. The van der Waals surface area contributed by atoms with Gasteiger partial charge in [0.25, 0.3) is 63.0 Å². The van der Waals surface area contributed by atoms with Crippen LogP contribution in [-0.2, 0) is 63.0 Å². The van der Waals surface area contributed by atoms with Gasteiger partial charge in [-0.1, -0.05) is 0 Å². The zero-order valence-electron chi connectivity index (χ0n) is 18.1. The summed E-state index contributed by atoms with van der Waals surface area (Å²) in [4.78, 5) is 0. The van der Waals surface area contributed by atoms with E-state index < -0.39 is 63.0 Å². The third-order valence-electron chi connectivity index (χ3n) is 0. The van der Waals surface area contributed by atoms with Gasteiger partial charge < -0.3 is 27.3 Å². The molecule has 6 unspecified atom stereocenters. The van der Waals surface area contributed by atoms with Crippen molar-refractivity contribution in [2.75, 3.05) is 0 Å². The van der Waals surface area contributed by atoms with Gasteiger partial charge in [0.15, 0.2) is 0 Å². The Hall–Kier alpha value is 1.62. The molecule has 0 aromatic carbocycles. The molecule has 0 heterocycles. The summed E-state index contributed by atoms with van der Waals surface area (Å²) in [6.45, 7) is 0. The van der Waals surface area contributed by atoms with Gasteiger partial charge in [0.2, 0.25) is 0 Å². The van der Waals surface area contributed by atoms with Crippen molar-refractivity contribution in [3.63, 3.8) is 0 Å². The van der Waals surface area contributed by atoms with Gasteiger partial charge in [-0.05, 0) is 59.4 Å². The van der Waals surface area contributed by atoms with E-state index in [0.29, 0.717) is 0 Å². The van der Waals surface area contributed by atoms with Crippen LogP contribution in [0.3, 0.4) is 0 Å². The first kappa shape index (κ1) is 76.9. The fourth-order valence-electron chi connectivity index (χ4n) is 0. The summed E-state index contributed by atoms with van der Waals surface area (Å²) in [7, 11) is -32.5. The normalized spacial score (nSPS) is 9.67. The van der Waals surface area contributed by atoms with E-state index in [-0.39, 0.29) is 59.4 Å². The second-order valence-corrected chi connectivity index (χ2v) is 7.08. The Morgan fingerprint density at radius 1 is 0.250 bits per heavy atom. The standard InChI is InChI=1S/6FHO3S.6H3P/c6*1-5(2,3)4;;;;;;/h6*(H,2,3,4);6*1H3. The molecule has 0 radical (unpaired) electrons. The van der Waals surface area contributed by atoms with Crippen molar-refractivity contribution in [1.29, 1.82) is 0 Å². The molecule has 0 N–H and O–H groups in total. The van der Waals surface area contributed by atoms with Crippen molar-refractivity contribution in [2.24, 2.45) is 0 Å². The molecule has 0 rings (SSSR count). The lowest BCUT2D eigenvalue weighted by Crippen LogP contribution is -1.81. The molecule has 0 saturated carbocycles. The van der Waals surface area contributed by atoms with Crippen LogP contribution in [0, 0.1) is 0 Å². The second kappa shape index (κ2) is 32.8. The van der Waals surface area contributed by atoms with Crippen LogP contribution in [0.25, 0.3) is 0 Å². The smallest absolute Gasteiger partial charge is 0.255 e. The topological polar surface area (TPSA) is 343 Å². The molecular weight excluding hydrogens is 780 g/mol. The molecule has 0 aliphatic carbocycles. The molecule has 18 nitrogen and oxygen atoms in total. The minimum absolute atomic E-state index is 0. The van der Waals surface area contributed by atoms with Crippen molar-refractivity contribution < 1.29 is 101 Å². The van der Waals surface area contributed by atoms with Gasteiger partial charge >= 0.3 is 0 Å². The van der Waals surface area contributed by atoms with Gasteiger partial charge in [0, 0.05) is 0 Å². The van der Waals surface area contributed by atoms with Crippen LogP contribution in [0.5, 0.6) is 0 Å². The molecule has 0 saturated heterocycles. The van der Waals surface area contributed by atoms with E-state index in [1.807, 2.05) is 0 Å². The van der Waals surface area contributed by atoms with Crippen LogP contribution >= 0.6 is 59.4 Å². The van der Waals surface area contributed by atoms with E-state index in [2.05, 4.69) is 0 Å². The van der Waals surface area contributed by atoms with Crippen molar-refractivity contribution >= 4 is 122 Å². The van der Waals surface area contributed by atoms with Crippen molar-refractivity contribution in [2.45, 2.75) is 0 Å². The Labute approximate surface area is 222 Å². The monoisotopic (exact) mass is 804 g/mol. The minimum Gasteiger partial charge on any atom is -0.722 e. The maximum Gasteiger partial charge on any atom is 0.255 e. The van der Waals surface area contributed by atoms with Crippen LogP contribution in [0.2, 0.25) is 0 Å². The van der Waals surface area contributed by atoms with Crippen molar-refractivity contribution in [1.82, 2.24) is 0 Å². The number of hydrogen-bond acceptors (Lipinski definition) is 18. The molecule has 0 aromatic rings. The van der Waals surface area contributed by atoms with Crippen LogP contribution < -0.4 is 0 Å². The lowest BCUT2D eigenvalue weighted by molar-refractivity contribution is 0.414. The summed E-state index contributed by atoms with van der Waals surface area (Å²) >= 11 is 0. The Morgan fingerprint density at radius 2 is 0.250 bits per heavy atom. The number of hydrogen-bond donors (Lipinski definition) is 0. The lowest BCUT2D eigenvalue weighted by atomic mass is 15.9. The van der Waals surface area contributed by atoms with E-state index in [0.717, 1.165) is 0 Å². The highest BCUT2D eigenvalue weighted by atomic mass is 32.3. The molecule has 6 atom stereocenters. The molecule has 0 amide bonds.